The summed E-state index contributed by atoms with van der Waals surface area (Å²) in [6.45, 7) is 2.39. The molecule has 3 rings (SSSR count). The Bertz CT molecular complexity index is 670. The van der Waals surface area contributed by atoms with E-state index in [1.165, 1.54) is 0 Å². The van der Waals surface area contributed by atoms with Crippen molar-refractivity contribution in [2.24, 2.45) is 0 Å². The van der Waals surface area contributed by atoms with Crippen LogP contribution in [0.25, 0.3) is 0 Å². The Hall–Kier alpha value is -2.00. The summed E-state index contributed by atoms with van der Waals surface area (Å²) in [6.07, 6.45) is 1.64. The molecule has 0 amide bonds. The summed E-state index contributed by atoms with van der Waals surface area (Å²) < 4.78 is 11.6. The number of ether oxygens (including phenoxy) is 2. The lowest BCUT2D eigenvalue weighted by Crippen LogP contribution is -2.23. The van der Waals surface area contributed by atoms with Gasteiger partial charge in [-0.1, -0.05) is 41.9 Å². The van der Waals surface area contributed by atoms with Gasteiger partial charge in [0.05, 0.1) is 11.1 Å². The van der Waals surface area contributed by atoms with Crippen molar-refractivity contribution in [3.05, 3.63) is 58.6 Å². The second-order valence-electron chi connectivity index (χ2n) is 5.50. The van der Waals surface area contributed by atoms with Gasteiger partial charge in [-0.25, -0.2) is 0 Å². The Morgan fingerprint density at radius 3 is 2.82 bits per heavy atom. The second-order valence-corrected chi connectivity index (χ2v) is 5.91. The van der Waals surface area contributed by atoms with Crippen LogP contribution in [0.15, 0.2) is 42.5 Å². The third kappa shape index (κ3) is 3.09. The third-order valence-electron chi connectivity index (χ3n) is 3.78. The summed E-state index contributed by atoms with van der Waals surface area (Å²) in [5, 5.41) is 0.500. The molecule has 0 N–H and O–H groups in total. The predicted molar refractivity (Wildman–Crippen MR) is 85.7 cm³/mol. The lowest BCUT2D eigenvalue weighted by atomic mass is 9.91. The largest absolute Gasteiger partial charge is 0.490 e. The minimum Gasteiger partial charge on any atom is -0.490 e. The molecule has 3 nitrogen and oxygen atoms in total. The highest BCUT2D eigenvalue weighted by atomic mass is 35.5. The van der Waals surface area contributed by atoms with Gasteiger partial charge in [0.15, 0.2) is 0 Å². The standard InChI is InChI=1S/C18H17ClO3/c1-12-7-14(10-20)15-8-16(19)18(9-17(15)22-12)21-11-13-5-3-2-4-6-13/h2-6,8-10,12,14H,7,11H2,1H3. The van der Waals surface area contributed by atoms with E-state index in [4.69, 9.17) is 21.1 Å². The average Bonchev–Trinajstić information content (AvgIpc) is 2.53. The molecule has 1 aliphatic heterocycles. The number of hydrogen-bond donors (Lipinski definition) is 0. The molecular formula is C18H17ClO3. The van der Waals surface area contributed by atoms with Crippen molar-refractivity contribution in [1.82, 2.24) is 0 Å². The van der Waals surface area contributed by atoms with Crippen LogP contribution in [0, 0.1) is 0 Å². The molecule has 22 heavy (non-hydrogen) atoms. The lowest BCUT2D eigenvalue weighted by Gasteiger charge is -2.28. The molecule has 0 fully saturated rings. The van der Waals surface area contributed by atoms with Crippen molar-refractivity contribution in [3.63, 3.8) is 0 Å². The fraction of sp³-hybridized carbons (Fsp3) is 0.278. The molecule has 0 saturated carbocycles. The van der Waals surface area contributed by atoms with Crippen molar-refractivity contribution >= 4 is 17.9 Å². The summed E-state index contributed by atoms with van der Waals surface area (Å²) in [4.78, 5) is 11.2. The SMILES string of the molecule is CC1CC(C=O)c2cc(Cl)c(OCc3ccccc3)cc2O1. The minimum absolute atomic E-state index is 0.00542. The molecule has 0 aromatic heterocycles. The van der Waals surface area contributed by atoms with Gasteiger partial charge in [-0.15, -0.1) is 0 Å². The second kappa shape index (κ2) is 6.41. The molecule has 0 saturated heterocycles. The first-order chi connectivity index (χ1) is 10.7. The number of benzene rings is 2. The van der Waals surface area contributed by atoms with E-state index < -0.39 is 0 Å². The van der Waals surface area contributed by atoms with E-state index >= 15 is 0 Å². The van der Waals surface area contributed by atoms with Crippen LogP contribution in [0.4, 0.5) is 0 Å². The van der Waals surface area contributed by atoms with E-state index in [9.17, 15) is 4.79 Å². The van der Waals surface area contributed by atoms with Crippen LogP contribution in [0.1, 0.15) is 30.4 Å². The molecule has 0 aliphatic carbocycles. The first-order valence-corrected chi connectivity index (χ1v) is 7.67. The van der Waals surface area contributed by atoms with Gasteiger partial charge in [0.25, 0.3) is 0 Å². The van der Waals surface area contributed by atoms with Crippen molar-refractivity contribution in [2.45, 2.75) is 32.0 Å². The zero-order chi connectivity index (χ0) is 15.5. The number of carbonyl (C=O) groups excluding carboxylic acids is 1. The van der Waals surface area contributed by atoms with Gasteiger partial charge in [0.1, 0.15) is 24.4 Å². The third-order valence-corrected chi connectivity index (χ3v) is 4.07. The molecule has 2 unspecified atom stereocenters. The molecule has 0 radical (unpaired) electrons. The van der Waals surface area contributed by atoms with E-state index in [1.807, 2.05) is 37.3 Å². The van der Waals surface area contributed by atoms with E-state index in [2.05, 4.69) is 0 Å². The zero-order valence-electron chi connectivity index (χ0n) is 12.3. The van der Waals surface area contributed by atoms with Crippen LogP contribution in [-0.4, -0.2) is 12.4 Å². The molecule has 1 heterocycles. The maximum absolute atomic E-state index is 11.2. The van der Waals surface area contributed by atoms with Gasteiger partial charge >= 0.3 is 0 Å². The Morgan fingerprint density at radius 2 is 2.09 bits per heavy atom. The fourth-order valence-corrected chi connectivity index (χ4v) is 2.89. The normalized spacial score (nSPS) is 19.9. The summed E-state index contributed by atoms with van der Waals surface area (Å²) >= 11 is 6.29. The summed E-state index contributed by atoms with van der Waals surface area (Å²) in [6, 6.07) is 13.4. The van der Waals surface area contributed by atoms with Crippen LogP contribution in [0.3, 0.4) is 0 Å². The Balaban J connectivity index is 1.84. The van der Waals surface area contributed by atoms with Gasteiger partial charge < -0.3 is 14.3 Å². The van der Waals surface area contributed by atoms with Gasteiger partial charge in [-0.2, -0.15) is 0 Å². The molecule has 0 spiro atoms. The first-order valence-electron chi connectivity index (χ1n) is 7.29. The molecular weight excluding hydrogens is 300 g/mol. The van der Waals surface area contributed by atoms with Crippen LogP contribution >= 0.6 is 11.6 Å². The highest BCUT2D eigenvalue weighted by Crippen LogP contribution is 2.41. The first kappa shape index (κ1) is 14.9. The smallest absolute Gasteiger partial charge is 0.142 e. The van der Waals surface area contributed by atoms with E-state index in [1.54, 1.807) is 12.1 Å². The number of rotatable bonds is 4. The number of carbonyl (C=O) groups is 1. The molecule has 0 bridgehead atoms. The van der Waals surface area contributed by atoms with Crippen molar-refractivity contribution in [2.75, 3.05) is 0 Å². The summed E-state index contributed by atoms with van der Waals surface area (Å²) in [5.74, 6) is 1.09. The maximum Gasteiger partial charge on any atom is 0.142 e. The Labute approximate surface area is 134 Å². The fourth-order valence-electron chi connectivity index (χ4n) is 2.67. The monoisotopic (exact) mass is 316 g/mol. The van der Waals surface area contributed by atoms with Crippen molar-refractivity contribution in [1.29, 1.82) is 0 Å². The maximum atomic E-state index is 11.2. The van der Waals surface area contributed by atoms with Crippen LogP contribution < -0.4 is 9.47 Å². The lowest BCUT2D eigenvalue weighted by molar-refractivity contribution is -0.110. The van der Waals surface area contributed by atoms with Crippen molar-refractivity contribution < 1.29 is 14.3 Å². The number of fused-ring (bicyclic) bond motifs is 1. The van der Waals surface area contributed by atoms with Gasteiger partial charge in [0, 0.05) is 17.5 Å². The predicted octanol–water partition coefficient (Wildman–Crippen LogP) is 4.37. The quantitative estimate of drug-likeness (QED) is 0.786. The molecule has 4 heteroatoms. The molecule has 114 valence electrons. The van der Waals surface area contributed by atoms with Crippen LogP contribution in [0.5, 0.6) is 11.5 Å². The highest BCUT2D eigenvalue weighted by Gasteiger charge is 2.27. The van der Waals surface area contributed by atoms with E-state index in [0.29, 0.717) is 29.5 Å². The topological polar surface area (TPSA) is 35.5 Å². The minimum atomic E-state index is -0.167. The van der Waals surface area contributed by atoms with E-state index in [-0.39, 0.29) is 12.0 Å². The highest BCUT2D eigenvalue weighted by molar-refractivity contribution is 6.32. The molecule has 2 atom stereocenters. The Morgan fingerprint density at radius 1 is 1.32 bits per heavy atom. The van der Waals surface area contributed by atoms with Crippen LogP contribution in [0.2, 0.25) is 5.02 Å². The molecule has 2 aromatic carbocycles. The van der Waals surface area contributed by atoms with Gasteiger partial charge in [0.2, 0.25) is 0 Å². The van der Waals surface area contributed by atoms with E-state index in [0.717, 1.165) is 17.4 Å². The van der Waals surface area contributed by atoms with Crippen molar-refractivity contribution in [3.8, 4) is 11.5 Å². The summed E-state index contributed by atoms with van der Waals surface area (Å²) in [7, 11) is 0. The zero-order valence-corrected chi connectivity index (χ0v) is 13.0. The number of hydrogen-bond acceptors (Lipinski definition) is 3. The van der Waals surface area contributed by atoms with Gasteiger partial charge in [-0.3, -0.25) is 0 Å². The Kier molecular flexibility index (Phi) is 4.34. The molecule has 2 aromatic rings. The summed E-state index contributed by atoms with van der Waals surface area (Å²) in [5.41, 5.74) is 1.90. The number of halogens is 1. The average molecular weight is 317 g/mol. The van der Waals surface area contributed by atoms with Gasteiger partial charge in [-0.05, 0) is 25.0 Å². The molecule has 1 aliphatic rings. The van der Waals surface area contributed by atoms with Crippen LogP contribution in [-0.2, 0) is 11.4 Å². The number of aldehydes is 1.